The van der Waals surface area contributed by atoms with Crippen molar-refractivity contribution in [3.8, 4) is 5.75 Å². The SMILES string of the molecule is CN(CCCNC(=O)NCCCOc1cccc(CN2CCCCC2)c1)CCC(c1ccccc1)c1ccccn1. The van der Waals surface area contributed by atoms with Gasteiger partial charge in [-0.1, -0.05) is 55.0 Å². The number of nitrogens with one attached hydrogen (secondary N) is 2. The van der Waals surface area contributed by atoms with Crippen molar-refractivity contribution < 1.29 is 9.53 Å². The third-order valence-electron chi connectivity index (χ3n) is 7.68. The zero-order valence-electron chi connectivity index (χ0n) is 24.6. The van der Waals surface area contributed by atoms with Gasteiger partial charge >= 0.3 is 6.03 Å². The van der Waals surface area contributed by atoms with Gasteiger partial charge < -0.3 is 20.3 Å². The quantitative estimate of drug-likeness (QED) is 0.222. The smallest absolute Gasteiger partial charge is 0.314 e. The second-order valence-corrected chi connectivity index (χ2v) is 11.0. The van der Waals surface area contributed by atoms with Gasteiger partial charge in [-0.15, -0.1) is 0 Å². The van der Waals surface area contributed by atoms with Crippen molar-refractivity contribution >= 4 is 6.03 Å². The summed E-state index contributed by atoms with van der Waals surface area (Å²) in [7, 11) is 2.14. The number of piperidine rings is 1. The van der Waals surface area contributed by atoms with E-state index in [2.05, 4.69) is 93.1 Å². The molecule has 1 aliphatic heterocycles. The Morgan fingerprint density at radius 3 is 2.49 bits per heavy atom. The minimum Gasteiger partial charge on any atom is -0.494 e. The first-order valence-electron chi connectivity index (χ1n) is 15.3. The van der Waals surface area contributed by atoms with Crippen LogP contribution in [0.3, 0.4) is 0 Å². The fourth-order valence-corrected chi connectivity index (χ4v) is 5.40. The number of nitrogens with zero attached hydrogens (tertiary/aromatic N) is 3. The Kier molecular flexibility index (Phi) is 13.0. The Balaban J connectivity index is 1.05. The van der Waals surface area contributed by atoms with Crippen molar-refractivity contribution in [2.45, 2.75) is 51.0 Å². The second kappa shape index (κ2) is 17.4. The van der Waals surface area contributed by atoms with Crippen molar-refractivity contribution in [2.75, 3.05) is 52.9 Å². The van der Waals surface area contributed by atoms with Crippen LogP contribution in [-0.2, 0) is 6.54 Å². The summed E-state index contributed by atoms with van der Waals surface area (Å²) in [5.74, 6) is 1.18. The molecule has 0 radical (unpaired) electrons. The number of likely N-dealkylation sites (tertiary alicyclic amines) is 1. The lowest BCUT2D eigenvalue weighted by Crippen LogP contribution is -2.37. The fourth-order valence-electron chi connectivity index (χ4n) is 5.40. The molecule has 220 valence electrons. The average molecular weight is 558 g/mol. The van der Waals surface area contributed by atoms with Crippen molar-refractivity contribution in [1.29, 1.82) is 0 Å². The van der Waals surface area contributed by atoms with Gasteiger partial charge in [0, 0.05) is 37.4 Å². The number of amides is 2. The number of hydrogen-bond acceptors (Lipinski definition) is 5. The number of pyridine rings is 1. The van der Waals surface area contributed by atoms with Crippen LogP contribution in [0, 0.1) is 0 Å². The minimum absolute atomic E-state index is 0.115. The summed E-state index contributed by atoms with van der Waals surface area (Å²) in [4.78, 5) is 21.7. The molecule has 3 aromatic rings. The molecule has 2 heterocycles. The maximum atomic E-state index is 12.2. The fraction of sp³-hybridized carbons (Fsp3) is 0.471. The van der Waals surface area contributed by atoms with Crippen LogP contribution < -0.4 is 15.4 Å². The molecule has 41 heavy (non-hydrogen) atoms. The maximum Gasteiger partial charge on any atom is 0.314 e. The average Bonchev–Trinajstić information content (AvgIpc) is 3.01. The highest BCUT2D eigenvalue weighted by atomic mass is 16.5. The molecule has 0 spiro atoms. The Bertz CT molecular complexity index is 1100. The van der Waals surface area contributed by atoms with Gasteiger partial charge in [-0.3, -0.25) is 9.88 Å². The van der Waals surface area contributed by atoms with Gasteiger partial charge in [-0.05, 0) is 101 Å². The molecular weight excluding hydrogens is 510 g/mol. The van der Waals surface area contributed by atoms with Gasteiger partial charge in [0.2, 0.25) is 0 Å². The molecule has 7 heteroatoms. The highest BCUT2D eigenvalue weighted by Crippen LogP contribution is 2.26. The minimum atomic E-state index is -0.115. The molecule has 1 aromatic heterocycles. The van der Waals surface area contributed by atoms with E-state index in [0.29, 0.717) is 19.7 Å². The first-order chi connectivity index (χ1) is 20.2. The van der Waals surface area contributed by atoms with E-state index in [1.807, 2.05) is 18.3 Å². The molecule has 1 atom stereocenters. The van der Waals surface area contributed by atoms with E-state index >= 15 is 0 Å². The Hall–Kier alpha value is -3.42. The van der Waals surface area contributed by atoms with Gasteiger partial charge in [0.15, 0.2) is 0 Å². The summed E-state index contributed by atoms with van der Waals surface area (Å²) < 4.78 is 5.94. The molecule has 7 nitrogen and oxygen atoms in total. The number of carbonyl (C=O) groups excluding carboxylic acids is 1. The van der Waals surface area contributed by atoms with E-state index in [4.69, 9.17) is 4.74 Å². The Morgan fingerprint density at radius 1 is 0.927 bits per heavy atom. The highest BCUT2D eigenvalue weighted by Gasteiger charge is 2.16. The summed E-state index contributed by atoms with van der Waals surface area (Å²) in [6.07, 6.45) is 8.50. The predicted octanol–water partition coefficient (Wildman–Crippen LogP) is 5.68. The van der Waals surface area contributed by atoms with Gasteiger partial charge in [0.25, 0.3) is 0 Å². The molecule has 0 saturated carbocycles. The first-order valence-corrected chi connectivity index (χ1v) is 15.3. The topological polar surface area (TPSA) is 69.7 Å². The molecule has 0 bridgehead atoms. The van der Waals surface area contributed by atoms with E-state index in [9.17, 15) is 4.79 Å². The van der Waals surface area contributed by atoms with E-state index in [1.54, 1.807) is 0 Å². The van der Waals surface area contributed by atoms with Crippen LogP contribution in [0.5, 0.6) is 5.75 Å². The first kappa shape index (κ1) is 30.5. The number of rotatable bonds is 16. The van der Waals surface area contributed by atoms with Crippen molar-refractivity contribution in [3.63, 3.8) is 0 Å². The van der Waals surface area contributed by atoms with Gasteiger partial charge in [-0.2, -0.15) is 0 Å². The van der Waals surface area contributed by atoms with Crippen LogP contribution in [0.2, 0.25) is 0 Å². The summed E-state index contributed by atoms with van der Waals surface area (Å²) in [6, 6.07) is 25.0. The molecular formula is C34H47N5O2. The van der Waals surface area contributed by atoms with Gasteiger partial charge in [-0.25, -0.2) is 4.79 Å². The molecule has 2 amide bonds. The zero-order valence-corrected chi connectivity index (χ0v) is 24.6. The molecule has 4 rings (SSSR count). The largest absolute Gasteiger partial charge is 0.494 e. The number of urea groups is 1. The zero-order chi connectivity index (χ0) is 28.5. The number of carbonyl (C=O) groups is 1. The molecule has 1 fully saturated rings. The predicted molar refractivity (Wildman–Crippen MR) is 166 cm³/mol. The summed E-state index contributed by atoms with van der Waals surface area (Å²) in [5.41, 5.74) is 3.71. The molecule has 0 aliphatic carbocycles. The number of aromatic nitrogens is 1. The molecule has 2 aromatic carbocycles. The molecule has 1 saturated heterocycles. The van der Waals surface area contributed by atoms with Crippen molar-refractivity contribution in [3.05, 3.63) is 95.8 Å². The van der Waals surface area contributed by atoms with Gasteiger partial charge in [0.05, 0.1) is 6.61 Å². The van der Waals surface area contributed by atoms with Crippen LogP contribution in [-0.4, -0.2) is 73.7 Å². The van der Waals surface area contributed by atoms with E-state index < -0.39 is 0 Å². The molecule has 1 aliphatic rings. The molecule has 2 N–H and O–H groups in total. The number of ether oxygens (including phenoxy) is 1. The monoisotopic (exact) mass is 557 g/mol. The van der Waals surface area contributed by atoms with Crippen molar-refractivity contribution in [1.82, 2.24) is 25.4 Å². The van der Waals surface area contributed by atoms with Gasteiger partial charge in [0.1, 0.15) is 5.75 Å². The third kappa shape index (κ3) is 11.2. The number of hydrogen-bond donors (Lipinski definition) is 2. The van der Waals surface area contributed by atoms with Crippen molar-refractivity contribution in [2.24, 2.45) is 0 Å². The van der Waals surface area contributed by atoms with Crippen LogP contribution in [0.4, 0.5) is 4.79 Å². The maximum absolute atomic E-state index is 12.2. The highest BCUT2D eigenvalue weighted by molar-refractivity contribution is 5.73. The Labute approximate surface area is 246 Å². The van der Waals surface area contributed by atoms with Crippen LogP contribution >= 0.6 is 0 Å². The summed E-state index contributed by atoms with van der Waals surface area (Å²) in [6.45, 7) is 7.09. The summed E-state index contributed by atoms with van der Waals surface area (Å²) in [5, 5.41) is 5.92. The van der Waals surface area contributed by atoms with Crippen LogP contribution in [0.1, 0.15) is 61.3 Å². The lowest BCUT2D eigenvalue weighted by molar-refractivity contribution is 0.220. The lowest BCUT2D eigenvalue weighted by Gasteiger charge is -2.26. The number of benzene rings is 2. The molecule has 1 unspecified atom stereocenters. The van der Waals surface area contributed by atoms with E-state index in [1.165, 1.54) is 43.5 Å². The van der Waals surface area contributed by atoms with Crippen LogP contribution in [0.15, 0.2) is 79.0 Å². The van der Waals surface area contributed by atoms with E-state index in [-0.39, 0.29) is 11.9 Å². The Morgan fingerprint density at radius 2 is 1.71 bits per heavy atom. The third-order valence-corrected chi connectivity index (χ3v) is 7.68. The standard InChI is InChI=1S/C34H47N5O2/c1-38(25-18-32(30-14-4-2-5-15-30)33-17-6-7-19-35-33)22-11-20-36-34(40)37-21-12-26-41-31-16-10-13-29(27-31)28-39-23-8-3-9-24-39/h2,4-7,10,13-17,19,27,32H,3,8-9,11-12,18,20-26,28H2,1H3,(H2,36,37,40). The lowest BCUT2D eigenvalue weighted by atomic mass is 9.92. The summed E-state index contributed by atoms with van der Waals surface area (Å²) >= 11 is 0. The van der Waals surface area contributed by atoms with Crippen LogP contribution in [0.25, 0.3) is 0 Å². The normalized spacial score (nSPS) is 14.5. The van der Waals surface area contributed by atoms with E-state index in [0.717, 1.165) is 50.3 Å². The second-order valence-electron chi connectivity index (χ2n) is 11.0.